The van der Waals surface area contributed by atoms with E-state index in [-0.39, 0.29) is 21.7 Å². The van der Waals surface area contributed by atoms with Crippen molar-refractivity contribution in [3.8, 4) is 0 Å². The van der Waals surface area contributed by atoms with Crippen molar-refractivity contribution >= 4 is 29.1 Å². The van der Waals surface area contributed by atoms with Gasteiger partial charge in [-0.15, -0.1) is 0 Å². The number of carbonyl (C=O) groups excluding carboxylic acids is 1. The van der Waals surface area contributed by atoms with Gasteiger partial charge in [-0.2, -0.15) is 0 Å². The van der Waals surface area contributed by atoms with Crippen LogP contribution < -0.4 is 5.32 Å². The molecule has 2 rings (SSSR count). The Bertz CT molecular complexity index is 631. The summed E-state index contributed by atoms with van der Waals surface area (Å²) in [6.45, 7) is 1.84. The molecule has 1 atom stereocenters. The molecule has 0 spiro atoms. The summed E-state index contributed by atoms with van der Waals surface area (Å²) in [5.41, 5.74) is 1.02. The van der Waals surface area contributed by atoms with Crippen LogP contribution in [0.4, 0.5) is 4.39 Å². The van der Waals surface area contributed by atoms with Crippen molar-refractivity contribution in [3.05, 3.63) is 69.5 Å². The zero-order valence-electron chi connectivity index (χ0n) is 10.7. The molecule has 2 nitrogen and oxygen atoms in total. The van der Waals surface area contributed by atoms with E-state index in [0.717, 1.165) is 11.6 Å². The van der Waals surface area contributed by atoms with Gasteiger partial charge < -0.3 is 5.32 Å². The minimum absolute atomic E-state index is 0.0661. The minimum Gasteiger partial charge on any atom is -0.345 e. The Labute approximate surface area is 126 Å². The zero-order valence-corrected chi connectivity index (χ0v) is 12.2. The second-order valence-corrected chi connectivity index (χ2v) is 5.17. The predicted octanol–water partition coefficient (Wildman–Crippen LogP) is 4.62. The molecule has 0 aromatic heterocycles. The van der Waals surface area contributed by atoms with Crippen molar-refractivity contribution in [1.82, 2.24) is 5.32 Å². The smallest absolute Gasteiger partial charge is 0.253 e. The van der Waals surface area contributed by atoms with Crippen LogP contribution in [0.25, 0.3) is 0 Å². The molecule has 0 saturated heterocycles. The fourth-order valence-electron chi connectivity index (χ4n) is 1.80. The quantitative estimate of drug-likeness (QED) is 0.823. The number of nitrogens with one attached hydrogen (secondary N) is 1. The molecule has 0 fully saturated rings. The molecule has 20 heavy (non-hydrogen) atoms. The van der Waals surface area contributed by atoms with Gasteiger partial charge in [0.25, 0.3) is 5.91 Å². The summed E-state index contributed by atoms with van der Waals surface area (Å²) in [5, 5.41) is 2.78. The summed E-state index contributed by atoms with van der Waals surface area (Å²) >= 11 is 11.5. The molecule has 5 heteroatoms. The molecule has 1 N–H and O–H groups in total. The molecule has 0 heterocycles. The van der Waals surface area contributed by atoms with E-state index < -0.39 is 11.7 Å². The highest BCUT2D eigenvalue weighted by molar-refractivity contribution is 6.36. The first kappa shape index (κ1) is 14.8. The van der Waals surface area contributed by atoms with Crippen LogP contribution in [0.15, 0.2) is 42.5 Å². The van der Waals surface area contributed by atoms with Gasteiger partial charge in [0.05, 0.1) is 21.7 Å². The summed E-state index contributed by atoms with van der Waals surface area (Å²) in [7, 11) is 0. The Morgan fingerprint density at radius 1 is 1.15 bits per heavy atom. The average molecular weight is 312 g/mol. The highest BCUT2D eigenvalue weighted by atomic mass is 35.5. The first-order valence-electron chi connectivity index (χ1n) is 5.99. The monoisotopic (exact) mass is 311 g/mol. The molecule has 0 radical (unpaired) electrons. The molecule has 104 valence electrons. The molecule has 0 aliphatic rings. The third kappa shape index (κ3) is 3.30. The maximum atomic E-state index is 13.4. The average Bonchev–Trinajstić information content (AvgIpc) is 2.43. The third-order valence-electron chi connectivity index (χ3n) is 2.90. The van der Waals surface area contributed by atoms with E-state index >= 15 is 0 Å². The van der Waals surface area contributed by atoms with E-state index in [1.54, 1.807) is 0 Å². The van der Waals surface area contributed by atoms with Crippen LogP contribution in [0.5, 0.6) is 0 Å². The van der Waals surface area contributed by atoms with Crippen LogP contribution in [0, 0.1) is 5.82 Å². The Kier molecular flexibility index (Phi) is 4.63. The van der Waals surface area contributed by atoms with E-state index in [4.69, 9.17) is 23.2 Å². The van der Waals surface area contributed by atoms with Crippen LogP contribution in [-0.2, 0) is 0 Å². The van der Waals surface area contributed by atoms with Gasteiger partial charge in [0, 0.05) is 0 Å². The minimum atomic E-state index is -0.673. The summed E-state index contributed by atoms with van der Waals surface area (Å²) in [6, 6.07) is 11.5. The molecule has 0 saturated carbocycles. The summed E-state index contributed by atoms with van der Waals surface area (Å²) < 4.78 is 13.4. The number of rotatable bonds is 3. The fraction of sp³-hybridized carbons (Fsp3) is 0.133. The molecule has 2 aromatic carbocycles. The number of halogens is 3. The van der Waals surface area contributed by atoms with Crippen LogP contribution in [-0.4, -0.2) is 5.91 Å². The maximum absolute atomic E-state index is 13.4. The van der Waals surface area contributed by atoms with E-state index in [2.05, 4.69) is 5.32 Å². The molecule has 0 aliphatic heterocycles. The lowest BCUT2D eigenvalue weighted by Gasteiger charge is -2.15. The lowest BCUT2D eigenvalue weighted by Crippen LogP contribution is -2.27. The number of hydrogen-bond acceptors (Lipinski definition) is 1. The van der Waals surface area contributed by atoms with Crippen molar-refractivity contribution in [2.24, 2.45) is 0 Å². The standard InChI is InChI=1S/C15H12Cl2FNO/c1-9(10-5-3-2-4-6-10)19-15(20)11-7-14(18)13(17)8-12(11)16/h2-9H,1H3,(H,19,20). The summed E-state index contributed by atoms with van der Waals surface area (Å²) in [4.78, 5) is 12.1. The van der Waals surface area contributed by atoms with Crippen LogP contribution in [0.1, 0.15) is 28.9 Å². The number of amides is 1. The largest absolute Gasteiger partial charge is 0.345 e. The Balaban J connectivity index is 2.19. The molecular weight excluding hydrogens is 300 g/mol. The van der Waals surface area contributed by atoms with Crippen molar-refractivity contribution in [2.75, 3.05) is 0 Å². The Hall–Kier alpha value is -1.58. The van der Waals surface area contributed by atoms with Gasteiger partial charge in [0.1, 0.15) is 5.82 Å². The van der Waals surface area contributed by atoms with E-state index in [9.17, 15) is 9.18 Å². The Morgan fingerprint density at radius 3 is 2.45 bits per heavy atom. The topological polar surface area (TPSA) is 29.1 Å². The molecule has 1 amide bonds. The lowest BCUT2D eigenvalue weighted by molar-refractivity contribution is 0.0939. The van der Waals surface area contributed by atoms with Crippen LogP contribution >= 0.6 is 23.2 Å². The van der Waals surface area contributed by atoms with Crippen molar-refractivity contribution in [3.63, 3.8) is 0 Å². The van der Waals surface area contributed by atoms with E-state index in [1.165, 1.54) is 6.07 Å². The first-order valence-corrected chi connectivity index (χ1v) is 6.75. The van der Waals surface area contributed by atoms with Crippen molar-refractivity contribution in [2.45, 2.75) is 13.0 Å². The van der Waals surface area contributed by atoms with Gasteiger partial charge in [-0.05, 0) is 24.6 Å². The second kappa shape index (κ2) is 6.25. The van der Waals surface area contributed by atoms with Crippen LogP contribution in [0.3, 0.4) is 0 Å². The van der Waals surface area contributed by atoms with E-state index in [0.29, 0.717) is 0 Å². The molecule has 0 aliphatic carbocycles. The van der Waals surface area contributed by atoms with Gasteiger partial charge in [-0.3, -0.25) is 4.79 Å². The maximum Gasteiger partial charge on any atom is 0.253 e. The van der Waals surface area contributed by atoms with Gasteiger partial charge in [-0.1, -0.05) is 53.5 Å². The van der Waals surface area contributed by atoms with E-state index in [1.807, 2.05) is 37.3 Å². The highest BCUT2D eigenvalue weighted by Crippen LogP contribution is 2.25. The molecule has 1 unspecified atom stereocenters. The van der Waals surface area contributed by atoms with Crippen molar-refractivity contribution < 1.29 is 9.18 Å². The van der Waals surface area contributed by atoms with Gasteiger partial charge in [-0.25, -0.2) is 4.39 Å². The number of carbonyl (C=O) groups is 1. The number of hydrogen-bond donors (Lipinski definition) is 1. The Morgan fingerprint density at radius 2 is 1.80 bits per heavy atom. The van der Waals surface area contributed by atoms with Gasteiger partial charge in [0.15, 0.2) is 0 Å². The molecule has 0 bridgehead atoms. The van der Waals surface area contributed by atoms with Gasteiger partial charge in [0.2, 0.25) is 0 Å². The summed E-state index contributed by atoms with van der Waals surface area (Å²) in [6.07, 6.45) is 0. The first-order chi connectivity index (χ1) is 9.49. The van der Waals surface area contributed by atoms with Crippen LogP contribution in [0.2, 0.25) is 10.0 Å². The molecular formula is C15H12Cl2FNO. The van der Waals surface area contributed by atoms with Crippen molar-refractivity contribution in [1.29, 1.82) is 0 Å². The second-order valence-electron chi connectivity index (χ2n) is 4.35. The molecule has 2 aromatic rings. The fourth-order valence-corrected chi connectivity index (χ4v) is 2.27. The normalized spacial score (nSPS) is 12.0. The predicted molar refractivity (Wildman–Crippen MR) is 78.7 cm³/mol. The third-order valence-corrected chi connectivity index (χ3v) is 3.50. The zero-order chi connectivity index (χ0) is 14.7. The number of benzene rings is 2. The SMILES string of the molecule is CC(NC(=O)c1cc(F)c(Cl)cc1Cl)c1ccccc1. The van der Waals surface area contributed by atoms with Gasteiger partial charge >= 0.3 is 0 Å². The summed E-state index contributed by atoms with van der Waals surface area (Å²) in [5.74, 6) is -1.12. The highest BCUT2D eigenvalue weighted by Gasteiger charge is 2.16. The lowest BCUT2D eigenvalue weighted by atomic mass is 10.1.